The molecule has 0 bridgehead atoms. The Morgan fingerprint density at radius 3 is 2.55 bits per heavy atom. The van der Waals surface area contributed by atoms with Gasteiger partial charge in [-0.05, 0) is 22.0 Å². The fourth-order valence-corrected chi connectivity index (χ4v) is 2.05. The first-order valence-corrected chi connectivity index (χ1v) is 5.91. The summed E-state index contributed by atoms with van der Waals surface area (Å²) < 4.78 is 0. The van der Waals surface area contributed by atoms with Crippen molar-refractivity contribution in [3.8, 4) is 11.4 Å². The van der Waals surface area contributed by atoms with Gasteiger partial charge in [-0.3, -0.25) is 4.79 Å². The smallest absolute Gasteiger partial charge is 0.282 e. The standard InChI is InChI=1S/C14H10N4O2/c15-12-11(18-20)14(19)17-13(16-12)10-6-5-8-3-1-2-4-9(8)7-10/h1-7H,(H3,15,16,17,19). The summed E-state index contributed by atoms with van der Waals surface area (Å²) in [6, 6.07) is 13.5. The molecule has 1 heterocycles. The summed E-state index contributed by atoms with van der Waals surface area (Å²) in [5, 5.41) is 4.67. The highest BCUT2D eigenvalue weighted by atomic mass is 16.3. The van der Waals surface area contributed by atoms with Crippen molar-refractivity contribution in [3.05, 3.63) is 57.7 Å². The van der Waals surface area contributed by atoms with Gasteiger partial charge in [0.15, 0.2) is 5.82 Å². The van der Waals surface area contributed by atoms with Crippen LogP contribution >= 0.6 is 0 Å². The molecule has 0 aliphatic carbocycles. The number of benzene rings is 2. The van der Waals surface area contributed by atoms with Crippen LogP contribution in [0.4, 0.5) is 11.5 Å². The van der Waals surface area contributed by atoms with Crippen LogP contribution in [0.3, 0.4) is 0 Å². The van der Waals surface area contributed by atoms with E-state index < -0.39 is 11.2 Å². The zero-order valence-electron chi connectivity index (χ0n) is 10.3. The van der Waals surface area contributed by atoms with Crippen molar-refractivity contribution < 1.29 is 0 Å². The summed E-state index contributed by atoms with van der Waals surface area (Å²) in [4.78, 5) is 28.7. The summed E-state index contributed by atoms with van der Waals surface area (Å²) in [5.41, 5.74) is 5.23. The topological polar surface area (TPSA) is 101 Å². The summed E-state index contributed by atoms with van der Waals surface area (Å²) in [7, 11) is 0. The maximum absolute atomic E-state index is 11.7. The first-order chi connectivity index (χ1) is 9.69. The van der Waals surface area contributed by atoms with Gasteiger partial charge in [-0.2, -0.15) is 0 Å². The minimum atomic E-state index is -0.643. The molecule has 0 unspecified atom stereocenters. The van der Waals surface area contributed by atoms with E-state index in [1.54, 1.807) is 0 Å². The van der Waals surface area contributed by atoms with Gasteiger partial charge in [-0.25, -0.2) is 4.98 Å². The molecule has 3 aromatic rings. The van der Waals surface area contributed by atoms with Crippen LogP contribution in [-0.2, 0) is 0 Å². The molecule has 0 amide bonds. The lowest BCUT2D eigenvalue weighted by atomic mass is 10.1. The van der Waals surface area contributed by atoms with Gasteiger partial charge in [-0.15, -0.1) is 4.91 Å². The summed E-state index contributed by atoms with van der Waals surface area (Å²) in [5.74, 6) is 0.137. The number of nitrogens with one attached hydrogen (secondary N) is 1. The Balaban J connectivity index is 2.20. The molecule has 6 heteroatoms. The number of hydrogen-bond donors (Lipinski definition) is 2. The molecule has 0 saturated carbocycles. The van der Waals surface area contributed by atoms with Crippen LogP contribution in [0.1, 0.15) is 0 Å². The third-order valence-electron chi connectivity index (χ3n) is 3.04. The Labute approximate surface area is 113 Å². The second-order valence-corrected chi connectivity index (χ2v) is 4.30. The molecule has 0 spiro atoms. The van der Waals surface area contributed by atoms with Crippen molar-refractivity contribution in [1.29, 1.82) is 0 Å². The molecule has 3 N–H and O–H groups in total. The van der Waals surface area contributed by atoms with E-state index in [1.807, 2.05) is 42.5 Å². The highest BCUT2D eigenvalue weighted by molar-refractivity contribution is 5.86. The predicted octanol–water partition coefficient (Wildman–Crippen LogP) is 2.57. The van der Waals surface area contributed by atoms with Crippen molar-refractivity contribution in [2.75, 3.05) is 5.73 Å². The third kappa shape index (κ3) is 1.93. The Morgan fingerprint density at radius 1 is 1.10 bits per heavy atom. The van der Waals surface area contributed by atoms with Crippen LogP contribution in [0, 0.1) is 4.91 Å². The molecule has 0 atom stereocenters. The SMILES string of the molecule is Nc1nc(-c2ccc3ccccc3c2)[nH]c(=O)c1N=O. The Hall–Kier alpha value is -3.02. The number of nitrogens with zero attached hydrogens (tertiary/aromatic N) is 2. The Bertz CT molecular complexity index is 870. The zero-order chi connectivity index (χ0) is 14.1. The Kier molecular flexibility index (Phi) is 2.76. The molecule has 0 aliphatic heterocycles. The first kappa shape index (κ1) is 12.0. The average molecular weight is 266 g/mol. The number of aromatic nitrogens is 2. The molecule has 0 aliphatic rings. The average Bonchev–Trinajstić information content (AvgIpc) is 2.46. The van der Waals surface area contributed by atoms with Crippen LogP contribution in [0.15, 0.2) is 52.4 Å². The summed E-state index contributed by atoms with van der Waals surface area (Å²) >= 11 is 0. The van der Waals surface area contributed by atoms with E-state index in [4.69, 9.17) is 5.73 Å². The summed E-state index contributed by atoms with van der Waals surface area (Å²) in [6.45, 7) is 0. The Morgan fingerprint density at radius 2 is 1.85 bits per heavy atom. The van der Waals surface area contributed by atoms with E-state index >= 15 is 0 Å². The number of nitrogen functional groups attached to an aromatic ring is 1. The fourth-order valence-electron chi connectivity index (χ4n) is 2.05. The molecule has 2 aromatic carbocycles. The molecule has 6 nitrogen and oxygen atoms in total. The van der Waals surface area contributed by atoms with E-state index in [0.717, 1.165) is 10.8 Å². The third-order valence-corrected chi connectivity index (χ3v) is 3.04. The van der Waals surface area contributed by atoms with Crippen LogP contribution in [-0.4, -0.2) is 9.97 Å². The fraction of sp³-hybridized carbons (Fsp3) is 0. The molecule has 0 saturated heterocycles. The lowest BCUT2D eigenvalue weighted by molar-refractivity contribution is 1.12. The second kappa shape index (κ2) is 4.58. The van der Waals surface area contributed by atoms with Crippen molar-refractivity contribution in [2.45, 2.75) is 0 Å². The second-order valence-electron chi connectivity index (χ2n) is 4.30. The molecule has 3 rings (SSSR count). The van der Waals surface area contributed by atoms with E-state index in [-0.39, 0.29) is 5.82 Å². The first-order valence-electron chi connectivity index (χ1n) is 5.91. The van der Waals surface area contributed by atoms with Gasteiger partial charge in [0.05, 0.1) is 0 Å². The van der Waals surface area contributed by atoms with E-state index in [0.29, 0.717) is 11.4 Å². The van der Waals surface area contributed by atoms with Crippen molar-refractivity contribution in [1.82, 2.24) is 9.97 Å². The maximum atomic E-state index is 11.7. The predicted molar refractivity (Wildman–Crippen MR) is 77.7 cm³/mol. The summed E-state index contributed by atoms with van der Waals surface area (Å²) in [6.07, 6.45) is 0. The lowest BCUT2D eigenvalue weighted by Gasteiger charge is -2.04. The number of anilines is 1. The molecule has 0 fully saturated rings. The zero-order valence-corrected chi connectivity index (χ0v) is 10.3. The largest absolute Gasteiger partial charge is 0.382 e. The number of fused-ring (bicyclic) bond motifs is 1. The maximum Gasteiger partial charge on any atom is 0.282 e. The van der Waals surface area contributed by atoms with Crippen LogP contribution < -0.4 is 11.3 Å². The van der Waals surface area contributed by atoms with Crippen LogP contribution in [0.2, 0.25) is 0 Å². The highest BCUT2D eigenvalue weighted by Crippen LogP contribution is 2.23. The van der Waals surface area contributed by atoms with E-state index in [9.17, 15) is 9.70 Å². The number of nitroso groups, excluding NO2 is 1. The van der Waals surface area contributed by atoms with Gasteiger partial charge in [0.1, 0.15) is 5.82 Å². The van der Waals surface area contributed by atoms with E-state index in [2.05, 4.69) is 15.1 Å². The normalized spacial score (nSPS) is 10.6. The number of hydrogen-bond acceptors (Lipinski definition) is 5. The molecular formula is C14H10N4O2. The number of nitrogens with two attached hydrogens (primary N) is 1. The molecule has 20 heavy (non-hydrogen) atoms. The number of aromatic amines is 1. The van der Waals surface area contributed by atoms with Gasteiger partial charge in [0.2, 0.25) is 5.69 Å². The molecule has 1 aromatic heterocycles. The lowest BCUT2D eigenvalue weighted by Crippen LogP contribution is -2.11. The monoisotopic (exact) mass is 266 g/mol. The van der Waals surface area contributed by atoms with Crippen molar-refractivity contribution in [2.24, 2.45) is 5.18 Å². The van der Waals surface area contributed by atoms with Crippen molar-refractivity contribution >= 4 is 22.3 Å². The minimum absolute atomic E-state index is 0.174. The van der Waals surface area contributed by atoms with Gasteiger partial charge < -0.3 is 10.7 Å². The molecular weight excluding hydrogens is 256 g/mol. The van der Waals surface area contributed by atoms with Gasteiger partial charge in [0, 0.05) is 5.56 Å². The minimum Gasteiger partial charge on any atom is -0.382 e. The van der Waals surface area contributed by atoms with Crippen molar-refractivity contribution in [3.63, 3.8) is 0 Å². The van der Waals surface area contributed by atoms with Gasteiger partial charge in [0.25, 0.3) is 5.56 Å². The molecule has 0 radical (unpaired) electrons. The number of rotatable bonds is 2. The quantitative estimate of drug-likeness (QED) is 0.696. The van der Waals surface area contributed by atoms with Crippen LogP contribution in [0.25, 0.3) is 22.2 Å². The van der Waals surface area contributed by atoms with E-state index in [1.165, 1.54) is 0 Å². The van der Waals surface area contributed by atoms with Gasteiger partial charge >= 0.3 is 0 Å². The highest BCUT2D eigenvalue weighted by Gasteiger charge is 2.10. The van der Waals surface area contributed by atoms with Gasteiger partial charge in [-0.1, -0.05) is 36.4 Å². The van der Waals surface area contributed by atoms with Crippen LogP contribution in [0.5, 0.6) is 0 Å². The number of H-pyrrole nitrogens is 1. The molecule has 98 valence electrons.